The predicted octanol–water partition coefficient (Wildman–Crippen LogP) is 2.54. The van der Waals surface area contributed by atoms with E-state index in [1.807, 2.05) is 0 Å². The Morgan fingerprint density at radius 3 is 2.81 bits per heavy atom. The lowest BCUT2D eigenvalue weighted by Crippen LogP contribution is -2.41. The van der Waals surface area contributed by atoms with Crippen LogP contribution in [0.5, 0.6) is 0 Å². The number of hydrogen-bond donors (Lipinski definition) is 1. The molecule has 2 N–H and O–H groups in total. The largest absolute Gasteiger partial charge is 0.345 e. The molecule has 1 aliphatic rings. The van der Waals surface area contributed by atoms with Crippen LogP contribution in [-0.2, 0) is 6.54 Å². The number of aryl methyl sites for hydroxylation is 1. The van der Waals surface area contributed by atoms with Crippen LogP contribution in [0.1, 0.15) is 37.3 Å². The first-order chi connectivity index (χ1) is 7.61. The van der Waals surface area contributed by atoms with Crippen molar-refractivity contribution >= 4 is 16.5 Å². The topological polar surface area (TPSA) is 42.2 Å². The summed E-state index contributed by atoms with van der Waals surface area (Å²) in [5.41, 5.74) is 6.81. The molecule has 1 saturated heterocycles. The van der Waals surface area contributed by atoms with Gasteiger partial charge in [0.2, 0.25) is 0 Å². The first kappa shape index (κ1) is 11.9. The summed E-state index contributed by atoms with van der Waals surface area (Å²) < 4.78 is 0. The van der Waals surface area contributed by atoms with Gasteiger partial charge in [-0.1, -0.05) is 6.92 Å². The fourth-order valence-electron chi connectivity index (χ4n) is 2.28. The zero-order chi connectivity index (χ0) is 11.7. The molecule has 1 aliphatic heterocycles. The fourth-order valence-corrected chi connectivity index (χ4v) is 3.33. The molecule has 1 aromatic rings. The zero-order valence-electron chi connectivity index (χ0n) is 10.4. The van der Waals surface area contributed by atoms with E-state index in [-0.39, 0.29) is 0 Å². The summed E-state index contributed by atoms with van der Waals surface area (Å²) in [6, 6.07) is 0.618. The third-order valence-corrected chi connectivity index (χ3v) is 4.65. The summed E-state index contributed by atoms with van der Waals surface area (Å²) in [5.74, 6) is 0.779. The highest BCUT2D eigenvalue weighted by atomic mass is 32.1. The number of nitrogens with two attached hydrogens (primary N) is 1. The maximum absolute atomic E-state index is 5.71. The van der Waals surface area contributed by atoms with E-state index < -0.39 is 0 Å². The summed E-state index contributed by atoms with van der Waals surface area (Å²) in [5, 5.41) is 1.16. The van der Waals surface area contributed by atoms with E-state index in [1.165, 1.54) is 17.7 Å². The average molecular weight is 239 g/mol. The van der Waals surface area contributed by atoms with Gasteiger partial charge in [0.25, 0.3) is 0 Å². The van der Waals surface area contributed by atoms with Gasteiger partial charge in [-0.3, -0.25) is 0 Å². The van der Waals surface area contributed by atoms with Gasteiger partial charge in [-0.15, -0.1) is 11.3 Å². The van der Waals surface area contributed by atoms with E-state index in [4.69, 9.17) is 5.73 Å². The summed E-state index contributed by atoms with van der Waals surface area (Å²) in [6.45, 7) is 8.42. The predicted molar refractivity (Wildman–Crippen MR) is 69.9 cm³/mol. The molecular formula is C12H21N3S. The minimum absolute atomic E-state index is 0.612. The third kappa shape index (κ3) is 2.23. The van der Waals surface area contributed by atoms with Crippen LogP contribution in [0.2, 0.25) is 0 Å². The van der Waals surface area contributed by atoms with Crippen molar-refractivity contribution in [2.45, 2.75) is 46.2 Å². The van der Waals surface area contributed by atoms with Crippen molar-refractivity contribution in [3.63, 3.8) is 0 Å². The van der Waals surface area contributed by atoms with Gasteiger partial charge < -0.3 is 10.6 Å². The molecule has 16 heavy (non-hydrogen) atoms. The monoisotopic (exact) mass is 239 g/mol. The number of rotatable bonds is 2. The molecule has 90 valence electrons. The third-order valence-electron chi connectivity index (χ3n) is 3.43. The Kier molecular flexibility index (Phi) is 3.50. The average Bonchev–Trinajstić information content (AvgIpc) is 2.63. The number of hydrogen-bond acceptors (Lipinski definition) is 4. The Morgan fingerprint density at radius 2 is 2.19 bits per heavy atom. The number of piperidine rings is 1. The molecule has 1 aromatic heterocycles. The first-order valence-electron chi connectivity index (χ1n) is 6.04. The highest BCUT2D eigenvalue weighted by molar-refractivity contribution is 7.15. The van der Waals surface area contributed by atoms with Gasteiger partial charge in [-0.25, -0.2) is 4.98 Å². The second-order valence-electron chi connectivity index (χ2n) is 4.89. The van der Waals surface area contributed by atoms with E-state index in [0.29, 0.717) is 12.6 Å². The molecule has 2 atom stereocenters. The quantitative estimate of drug-likeness (QED) is 0.862. The maximum Gasteiger partial charge on any atom is 0.186 e. The number of nitrogens with zero attached hydrogens (tertiary/aromatic N) is 2. The zero-order valence-corrected chi connectivity index (χ0v) is 11.2. The number of thiazole rings is 1. The first-order valence-corrected chi connectivity index (χ1v) is 6.86. The second-order valence-corrected chi connectivity index (χ2v) is 5.96. The molecule has 0 spiro atoms. The van der Waals surface area contributed by atoms with Crippen LogP contribution in [0.4, 0.5) is 5.13 Å². The summed E-state index contributed by atoms with van der Waals surface area (Å²) in [4.78, 5) is 8.33. The molecule has 0 bridgehead atoms. The van der Waals surface area contributed by atoms with Crippen LogP contribution in [-0.4, -0.2) is 17.6 Å². The van der Waals surface area contributed by atoms with Crippen LogP contribution in [0.25, 0.3) is 0 Å². The number of aromatic nitrogens is 1. The minimum Gasteiger partial charge on any atom is -0.345 e. The molecule has 0 amide bonds. The maximum atomic E-state index is 5.71. The Bertz CT molecular complexity index is 361. The highest BCUT2D eigenvalue weighted by Gasteiger charge is 2.25. The van der Waals surface area contributed by atoms with Crippen molar-refractivity contribution in [3.05, 3.63) is 10.6 Å². The van der Waals surface area contributed by atoms with Crippen molar-refractivity contribution in [2.24, 2.45) is 11.7 Å². The Labute approximate surface area is 102 Å². The molecule has 2 heterocycles. The van der Waals surface area contributed by atoms with Crippen LogP contribution in [0.15, 0.2) is 0 Å². The molecular weight excluding hydrogens is 218 g/mol. The van der Waals surface area contributed by atoms with Crippen molar-refractivity contribution in [1.29, 1.82) is 0 Å². The van der Waals surface area contributed by atoms with E-state index in [1.54, 1.807) is 11.3 Å². The minimum atomic E-state index is 0.612. The second kappa shape index (κ2) is 4.72. The van der Waals surface area contributed by atoms with Crippen LogP contribution >= 0.6 is 11.3 Å². The Morgan fingerprint density at radius 1 is 1.44 bits per heavy atom. The Balaban J connectivity index is 2.21. The van der Waals surface area contributed by atoms with Crippen molar-refractivity contribution in [2.75, 3.05) is 11.4 Å². The summed E-state index contributed by atoms with van der Waals surface area (Å²) in [6.07, 6.45) is 2.61. The van der Waals surface area contributed by atoms with Crippen molar-refractivity contribution in [3.8, 4) is 0 Å². The molecule has 1 fully saturated rings. The lowest BCUT2D eigenvalue weighted by atomic mass is 9.96. The lowest BCUT2D eigenvalue weighted by Gasteiger charge is -2.36. The van der Waals surface area contributed by atoms with E-state index in [9.17, 15) is 0 Å². The van der Waals surface area contributed by atoms with Gasteiger partial charge in [0.15, 0.2) is 5.13 Å². The lowest BCUT2D eigenvalue weighted by molar-refractivity contribution is 0.390. The highest BCUT2D eigenvalue weighted by Crippen LogP contribution is 2.32. The smallest absolute Gasteiger partial charge is 0.186 e. The van der Waals surface area contributed by atoms with Gasteiger partial charge >= 0.3 is 0 Å². The van der Waals surface area contributed by atoms with Crippen molar-refractivity contribution in [1.82, 2.24) is 4.98 Å². The summed E-state index contributed by atoms with van der Waals surface area (Å²) >= 11 is 1.76. The molecule has 2 rings (SSSR count). The molecule has 2 unspecified atom stereocenters. The fraction of sp³-hybridized carbons (Fsp3) is 0.750. The molecule has 0 saturated carbocycles. The van der Waals surface area contributed by atoms with Crippen LogP contribution in [0, 0.1) is 12.8 Å². The van der Waals surface area contributed by atoms with Gasteiger partial charge in [0.05, 0.1) is 5.69 Å². The van der Waals surface area contributed by atoms with E-state index in [2.05, 4.69) is 30.7 Å². The van der Waals surface area contributed by atoms with Crippen LogP contribution in [0.3, 0.4) is 0 Å². The van der Waals surface area contributed by atoms with Gasteiger partial charge in [-0.05, 0) is 32.6 Å². The SMILES string of the molecule is Cc1nc(N2CC(C)CCC2C)sc1CN. The van der Waals surface area contributed by atoms with E-state index in [0.717, 1.165) is 23.3 Å². The standard InChI is InChI=1S/C12H21N3S/c1-8-4-5-9(2)15(7-8)12-14-10(3)11(6-13)16-12/h8-9H,4-7,13H2,1-3H3. The van der Waals surface area contributed by atoms with E-state index >= 15 is 0 Å². The molecule has 0 radical (unpaired) electrons. The van der Waals surface area contributed by atoms with Gasteiger partial charge in [0, 0.05) is 24.0 Å². The number of anilines is 1. The summed E-state index contributed by atoms with van der Waals surface area (Å²) in [7, 11) is 0. The normalized spacial score (nSPS) is 26.1. The molecule has 3 nitrogen and oxygen atoms in total. The molecule has 4 heteroatoms. The van der Waals surface area contributed by atoms with Gasteiger partial charge in [0.1, 0.15) is 0 Å². The Hall–Kier alpha value is -0.610. The van der Waals surface area contributed by atoms with Crippen molar-refractivity contribution < 1.29 is 0 Å². The molecule has 0 aromatic carbocycles. The van der Waals surface area contributed by atoms with Crippen LogP contribution < -0.4 is 10.6 Å². The molecule has 0 aliphatic carbocycles. The van der Waals surface area contributed by atoms with Gasteiger partial charge in [-0.2, -0.15) is 0 Å².